The van der Waals surface area contributed by atoms with Crippen molar-refractivity contribution in [3.8, 4) is 5.75 Å². The standard InChI is InChI=1S/C22H23ClN2O4/c1-3-12-28-21(26)19-14(2)24-22(27)25-20(19)17-6-4-5-7-18(17)29-13-15-8-10-16(23)11-9-15/h4-11,20H,3,12-13H2,1-2H3,(H2,24,25,27). The first-order chi connectivity index (χ1) is 14.0. The lowest BCUT2D eigenvalue weighted by Crippen LogP contribution is -2.45. The van der Waals surface area contributed by atoms with Crippen molar-refractivity contribution in [1.82, 2.24) is 10.6 Å². The van der Waals surface area contributed by atoms with Crippen LogP contribution in [0, 0.1) is 0 Å². The molecule has 1 aliphatic heterocycles. The highest BCUT2D eigenvalue weighted by atomic mass is 35.5. The molecule has 0 aromatic heterocycles. The molecule has 152 valence electrons. The van der Waals surface area contributed by atoms with Gasteiger partial charge < -0.3 is 20.1 Å². The van der Waals surface area contributed by atoms with Gasteiger partial charge >= 0.3 is 12.0 Å². The highest BCUT2D eigenvalue weighted by Gasteiger charge is 2.33. The van der Waals surface area contributed by atoms with Gasteiger partial charge in [-0.3, -0.25) is 0 Å². The van der Waals surface area contributed by atoms with Crippen LogP contribution in [-0.2, 0) is 16.1 Å². The number of rotatable bonds is 7. The summed E-state index contributed by atoms with van der Waals surface area (Å²) >= 11 is 5.93. The minimum atomic E-state index is -0.672. The lowest BCUT2D eigenvalue weighted by molar-refractivity contribution is -0.139. The maximum atomic E-state index is 12.7. The molecule has 29 heavy (non-hydrogen) atoms. The van der Waals surface area contributed by atoms with Crippen LogP contribution in [0.2, 0.25) is 5.02 Å². The molecule has 1 heterocycles. The Bertz CT molecular complexity index is 925. The van der Waals surface area contributed by atoms with Gasteiger partial charge in [0.15, 0.2) is 0 Å². The molecule has 1 atom stereocenters. The maximum absolute atomic E-state index is 12.7. The second-order valence-corrected chi connectivity index (χ2v) is 7.10. The lowest BCUT2D eigenvalue weighted by atomic mass is 9.95. The molecule has 0 saturated heterocycles. The number of benzene rings is 2. The Labute approximate surface area is 174 Å². The van der Waals surface area contributed by atoms with E-state index in [0.29, 0.717) is 47.2 Å². The van der Waals surface area contributed by atoms with Crippen LogP contribution in [0.15, 0.2) is 59.8 Å². The monoisotopic (exact) mass is 414 g/mol. The molecule has 2 N–H and O–H groups in total. The predicted octanol–water partition coefficient (Wildman–Crippen LogP) is 4.50. The number of para-hydroxylation sites is 1. The zero-order valence-electron chi connectivity index (χ0n) is 16.3. The van der Waals surface area contributed by atoms with Gasteiger partial charge in [-0.2, -0.15) is 0 Å². The van der Waals surface area contributed by atoms with E-state index >= 15 is 0 Å². The van der Waals surface area contributed by atoms with Crippen molar-refractivity contribution in [2.75, 3.05) is 6.61 Å². The van der Waals surface area contributed by atoms with E-state index in [1.54, 1.807) is 19.1 Å². The Morgan fingerprint density at radius 2 is 1.86 bits per heavy atom. The molecular weight excluding hydrogens is 392 g/mol. The number of hydrogen-bond donors (Lipinski definition) is 2. The third-order valence-corrected chi connectivity index (χ3v) is 4.72. The van der Waals surface area contributed by atoms with Gasteiger partial charge in [0.05, 0.1) is 18.2 Å². The van der Waals surface area contributed by atoms with Crippen LogP contribution in [0.25, 0.3) is 0 Å². The molecule has 0 bridgehead atoms. The highest BCUT2D eigenvalue weighted by molar-refractivity contribution is 6.30. The van der Waals surface area contributed by atoms with Crippen LogP contribution in [0.3, 0.4) is 0 Å². The zero-order valence-corrected chi connectivity index (χ0v) is 17.1. The first-order valence-corrected chi connectivity index (χ1v) is 9.79. The van der Waals surface area contributed by atoms with E-state index in [1.807, 2.05) is 43.3 Å². The number of carbonyl (C=O) groups is 2. The number of urea groups is 1. The summed E-state index contributed by atoms with van der Waals surface area (Å²) in [5.74, 6) is 0.109. The Morgan fingerprint density at radius 1 is 1.14 bits per heavy atom. The fourth-order valence-electron chi connectivity index (χ4n) is 3.06. The fraction of sp³-hybridized carbons (Fsp3) is 0.273. The molecule has 1 unspecified atom stereocenters. The van der Waals surface area contributed by atoms with E-state index in [4.69, 9.17) is 21.1 Å². The fourth-order valence-corrected chi connectivity index (χ4v) is 3.19. The first-order valence-electron chi connectivity index (χ1n) is 9.41. The largest absolute Gasteiger partial charge is 0.489 e. The minimum Gasteiger partial charge on any atom is -0.489 e. The molecule has 7 heteroatoms. The molecule has 0 aliphatic carbocycles. The van der Waals surface area contributed by atoms with Crippen molar-refractivity contribution in [2.24, 2.45) is 0 Å². The number of hydrogen-bond acceptors (Lipinski definition) is 4. The van der Waals surface area contributed by atoms with Crippen molar-refractivity contribution < 1.29 is 19.1 Å². The molecule has 2 aromatic rings. The van der Waals surface area contributed by atoms with E-state index in [1.165, 1.54) is 0 Å². The van der Waals surface area contributed by atoms with E-state index in [0.717, 1.165) is 5.56 Å². The summed E-state index contributed by atoms with van der Waals surface area (Å²) < 4.78 is 11.3. The van der Waals surface area contributed by atoms with Crippen LogP contribution in [0.5, 0.6) is 5.75 Å². The van der Waals surface area contributed by atoms with Crippen molar-refractivity contribution in [3.63, 3.8) is 0 Å². The molecule has 2 aromatic carbocycles. The lowest BCUT2D eigenvalue weighted by Gasteiger charge is -2.29. The summed E-state index contributed by atoms with van der Waals surface area (Å²) in [5, 5.41) is 6.11. The Balaban J connectivity index is 1.89. The number of carbonyl (C=O) groups excluding carboxylic acids is 2. The van der Waals surface area contributed by atoms with Crippen molar-refractivity contribution in [1.29, 1.82) is 0 Å². The van der Waals surface area contributed by atoms with Gasteiger partial charge in [-0.05, 0) is 37.1 Å². The summed E-state index contributed by atoms with van der Waals surface area (Å²) in [6.07, 6.45) is 0.712. The highest BCUT2D eigenvalue weighted by Crippen LogP contribution is 2.34. The number of amides is 2. The van der Waals surface area contributed by atoms with E-state index < -0.39 is 12.0 Å². The second kappa shape index (κ2) is 9.47. The number of nitrogens with one attached hydrogen (secondary N) is 2. The zero-order chi connectivity index (χ0) is 20.8. The van der Waals surface area contributed by atoms with Crippen molar-refractivity contribution in [3.05, 3.63) is 76.0 Å². The quantitative estimate of drug-likeness (QED) is 0.654. The molecule has 1 aliphatic rings. The smallest absolute Gasteiger partial charge is 0.338 e. The van der Waals surface area contributed by atoms with Gasteiger partial charge in [-0.1, -0.05) is 48.9 Å². The molecule has 0 saturated carbocycles. The molecule has 6 nitrogen and oxygen atoms in total. The van der Waals surface area contributed by atoms with Crippen LogP contribution < -0.4 is 15.4 Å². The van der Waals surface area contributed by atoms with Gasteiger partial charge in [-0.15, -0.1) is 0 Å². The normalized spacial score (nSPS) is 16.1. The Hall–Kier alpha value is -2.99. The van der Waals surface area contributed by atoms with E-state index in [-0.39, 0.29) is 6.03 Å². The third kappa shape index (κ3) is 5.09. The molecule has 3 rings (SSSR count). The van der Waals surface area contributed by atoms with Crippen LogP contribution >= 0.6 is 11.6 Å². The Morgan fingerprint density at radius 3 is 2.59 bits per heavy atom. The van der Waals surface area contributed by atoms with Crippen LogP contribution in [0.4, 0.5) is 4.79 Å². The topological polar surface area (TPSA) is 76.7 Å². The molecule has 0 radical (unpaired) electrons. The van der Waals surface area contributed by atoms with Gasteiger partial charge in [0, 0.05) is 16.3 Å². The van der Waals surface area contributed by atoms with Crippen molar-refractivity contribution >= 4 is 23.6 Å². The van der Waals surface area contributed by atoms with Gasteiger partial charge in [0.2, 0.25) is 0 Å². The van der Waals surface area contributed by atoms with Gasteiger partial charge in [0.1, 0.15) is 12.4 Å². The first kappa shape index (κ1) is 20.7. The molecule has 0 fully saturated rings. The number of esters is 1. The number of allylic oxidation sites excluding steroid dienone is 1. The summed E-state index contributed by atoms with van der Waals surface area (Å²) in [4.78, 5) is 24.8. The predicted molar refractivity (Wildman–Crippen MR) is 111 cm³/mol. The van der Waals surface area contributed by atoms with Gasteiger partial charge in [0.25, 0.3) is 0 Å². The van der Waals surface area contributed by atoms with Gasteiger partial charge in [-0.25, -0.2) is 9.59 Å². The number of halogens is 1. The SMILES string of the molecule is CCCOC(=O)C1=C(C)NC(=O)NC1c1ccccc1OCc1ccc(Cl)cc1. The molecule has 2 amide bonds. The number of ether oxygens (including phenoxy) is 2. The Kier molecular flexibility index (Phi) is 6.77. The van der Waals surface area contributed by atoms with Crippen LogP contribution in [0.1, 0.15) is 37.4 Å². The average molecular weight is 415 g/mol. The average Bonchev–Trinajstić information content (AvgIpc) is 2.71. The van der Waals surface area contributed by atoms with Crippen molar-refractivity contribution in [2.45, 2.75) is 32.9 Å². The third-order valence-electron chi connectivity index (χ3n) is 4.46. The molecule has 0 spiro atoms. The molecular formula is C22H23ClN2O4. The summed E-state index contributed by atoms with van der Waals surface area (Å²) in [6.45, 7) is 4.24. The summed E-state index contributed by atoms with van der Waals surface area (Å²) in [7, 11) is 0. The maximum Gasteiger partial charge on any atom is 0.338 e. The summed E-state index contributed by atoms with van der Waals surface area (Å²) in [6, 6.07) is 13.6. The summed E-state index contributed by atoms with van der Waals surface area (Å²) in [5.41, 5.74) is 2.46. The van der Waals surface area contributed by atoms with E-state index in [2.05, 4.69) is 10.6 Å². The van der Waals surface area contributed by atoms with E-state index in [9.17, 15) is 9.59 Å². The second-order valence-electron chi connectivity index (χ2n) is 6.66. The van der Waals surface area contributed by atoms with Crippen LogP contribution in [-0.4, -0.2) is 18.6 Å². The minimum absolute atomic E-state index is 0.311.